The molecule has 0 aromatic carbocycles. The number of fused-ring (bicyclic) bond motifs is 1. The monoisotopic (exact) mass is 290 g/mol. The summed E-state index contributed by atoms with van der Waals surface area (Å²) in [6.45, 7) is 5.28. The topological polar surface area (TPSA) is 42.3 Å². The van der Waals surface area contributed by atoms with Crippen molar-refractivity contribution in [2.45, 2.75) is 32.9 Å². The SMILES string of the molecule is Cc1ccc2n1CCN(S(=O)(=O)CCCCl)C2C. The summed E-state index contributed by atoms with van der Waals surface area (Å²) in [6.07, 6.45) is 0.507. The smallest absolute Gasteiger partial charge is 0.214 e. The minimum atomic E-state index is -3.19. The maximum absolute atomic E-state index is 12.2. The number of hydrogen-bond acceptors (Lipinski definition) is 2. The van der Waals surface area contributed by atoms with Crippen molar-refractivity contribution in [3.8, 4) is 0 Å². The second-order valence-electron chi connectivity index (χ2n) is 4.70. The molecule has 0 saturated heterocycles. The highest BCUT2D eigenvalue weighted by molar-refractivity contribution is 7.89. The standard InChI is InChI=1S/C12H19ClN2O2S/c1-10-4-5-12-11(2)15(8-7-14(10)12)18(16,17)9-3-6-13/h4-5,11H,3,6-9H2,1-2H3. The van der Waals surface area contributed by atoms with E-state index in [-0.39, 0.29) is 11.8 Å². The van der Waals surface area contributed by atoms with Crippen LogP contribution in [-0.4, -0.2) is 35.5 Å². The van der Waals surface area contributed by atoms with Gasteiger partial charge in [0.15, 0.2) is 0 Å². The van der Waals surface area contributed by atoms with Crippen LogP contribution in [0.5, 0.6) is 0 Å². The first-order valence-corrected chi connectivity index (χ1v) is 8.33. The lowest BCUT2D eigenvalue weighted by molar-refractivity contribution is 0.280. The van der Waals surface area contributed by atoms with E-state index in [1.165, 1.54) is 5.69 Å². The molecule has 1 aromatic rings. The van der Waals surface area contributed by atoms with Gasteiger partial charge in [-0.25, -0.2) is 8.42 Å². The number of aryl methyl sites for hydroxylation is 1. The van der Waals surface area contributed by atoms with Crippen LogP contribution >= 0.6 is 11.6 Å². The lowest BCUT2D eigenvalue weighted by Crippen LogP contribution is -2.42. The molecule has 2 heterocycles. The Morgan fingerprint density at radius 2 is 2.11 bits per heavy atom. The Kier molecular flexibility index (Phi) is 4.04. The van der Waals surface area contributed by atoms with E-state index in [2.05, 4.69) is 4.57 Å². The molecule has 1 unspecified atom stereocenters. The zero-order valence-electron chi connectivity index (χ0n) is 10.8. The van der Waals surface area contributed by atoms with Gasteiger partial charge in [0.05, 0.1) is 11.8 Å². The van der Waals surface area contributed by atoms with Crippen LogP contribution in [0.3, 0.4) is 0 Å². The molecule has 0 spiro atoms. The summed E-state index contributed by atoms with van der Waals surface area (Å²) in [7, 11) is -3.19. The zero-order chi connectivity index (χ0) is 13.3. The van der Waals surface area contributed by atoms with Crippen LogP contribution in [0.4, 0.5) is 0 Å². The first-order chi connectivity index (χ1) is 8.47. The lowest BCUT2D eigenvalue weighted by atomic mass is 10.2. The largest absolute Gasteiger partial charge is 0.346 e. The van der Waals surface area contributed by atoms with Gasteiger partial charge in [0.25, 0.3) is 0 Å². The molecule has 18 heavy (non-hydrogen) atoms. The molecule has 4 nitrogen and oxygen atoms in total. The van der Waals surface area contributed by atoms with E-state index in [1.54, 1.807) is 4.31 Å². The number of hydrogen-bond donors (Lipinski definition) is 0. The molecular weight excluding hydrogens is 272 g/mol. The van der Waals surface area contributed by atoms with Crippen LogP contribution in [0.15, 0.2) is 12.1 Å². The van der Waals surface area contributed by atoms with Gasteiger partial charge in [0.2, 0.25) is 10.0 Å². The Bertz CT molecular complexity index is 524. The Balaban J connectivity index is 2.24. The Morgan fingerprint density at radius 3 is 2.78 bits per heavy atom. The molecule has 0 N–H and O–H groups in total. The number of alkyl halides is 1. The summed E-state index contributed by atoms with van der Waals surface area (Å²) in [5.74, 6) is 0.525. The fourth-order valence-electron chi connectivity index (χ4n) is 2.53. The average Bonchev–Trinajstić information content (AvgIpc) is 2.70. The quantitative estimate of drug-likeness (QED) is 0.797. The highest BCUT2D eigenvalue weighted by atomic mass is 35.5. The molecule has 0 radical (unpaired) electrons. The molecule has 0 saturated carbocycles. The summed E-state index contributed by atoms with van der Waals surface area (Å²) >= 11 is 5.58. The van der Waals surface area contributed by atoms with Gasteiger partial charge in [-0.1, -0.05) is 0 Å². The van der Waals surface area contributed by atoms with E-state index >= 15 is 0 Å². The van der Waals surface area contributed by atoms with Crippen molar-refractivity contribution in [1.29, 1.82) is 0 Å². The second kappa shape index (κ2) is 5.23. The van der Waals surface area contributed by atoms with Crippen LogP contribution in [0.1, 0.15) is 30.8 Å². The average molecular weight is 291 g/mol. The van der Waals surface area contributed by atoms with Crippen molar-refractivity contribution in [3.05, 3.63) is 23.5 Å². The van der Waals surface area contributed by atoms with Crippen molar-refractivity contribution in [2.24, 2.45) is 0 Å². The molecule has 0 fully saturated rings. The van der Waals surface area contributed by atoms with Crippen molar-refractivity contribution in [3.63, 3.8) is 0 Å². The van der Waals surface area contributed by atoms with E-state index in [0.717, 1.165) is 12.2 Å². The van der Waals surface area contributed by atoms with Gasteiger partial charge in [0, 0.05) is 30.4 Å². The molecule has 6 heteroatoms. The predicted molar refractivity (Wildman–Crippen MR) is 73.4 cm³/mol. The third kappa shape index (κ3) is 2.44. The highest BCUT2D eigenvalue weighted by Crippen LogP contribution is 2.29. The van der Waals surface area contributed by atoms with Crippen LogP contribution in [0, 0.1) is 6.92 Å². The summed E-state index contributed by atoms with van der Waals surface area (Å²) in [5, 5.41) is 0. The van der Waals surface area contributed by atoms with Gasteiger partial charge >= 0.3 is 0 Å². The van der Waals surface area contributed by atoms with E-state index in [0.29, 0.717) is 18.8 Å². The zero-order valence-corrected chi connectivity index (χ0v) is 12.3. The summed E-state index contributed by atoms with van der Waals surface area (Å²) in [4.78, 5) is 0. The van der Waals surface area contributed by atoms with Crippen LogP contribution in [-0.2, 0) is 16.6 Å². The molecule has 0 aliphatic carbocycles. The number of sulfonamides is 1. The molecule has 0 bridgehead atoms. The number of halogens is 1. The Morgan fingerprint density at radius 1 is 1.39 bits per heavy atom. The minimum Gasteiger partial charge on any atom is -0.346 e. The minimum absolute atomic E-state index is 0.0900. The van der Waals surface area contributed by atoms with E-state index in [1.807, 2.05) is 26.0 Å². The first kappa shape index (κ1) is 13.9. The van der Waals surface area contributed by atoms with Gasteiger partial charge in [-0.3, -0.25) is 0 Å². The molecule has 1 atom stereocenters. The van der Waals surface area contributed by atoms with Crippen molar-refractivity contribution in [2.75, 3.05) is 18.2 Å². The summed E-state index contributed by atoms with van der Waals surface area (Å²) in [6, 6.07) is 3.97. The normalized spacial score (nSPS) is 20.9. The molecule has 0 amide bonds. The lowest BCUT2D eigenvalue weighted by Gasteiger charge is -2.34. The highest BCUT2D eigenvalue weighted by Gasteiger charge is 2.32. The van der Waals surface area contributed by atoms with Crippen molar-refractivity contribution < 1.29 is 8.42 Å². The predicted octanol–water partition coefficient (Wildman–Crippen LogP) is 2.13. The summed E-state index contributed by atoms with van der Waals surface area (Å²) < 4.78 is 28.3. The van der Waals surface area contributed by atoms with Crippen LogP contribution in [0.2, 0.25) is 0 Å². The van der Waals surface area contributed by atoms with Crippen LogP contribution < -0.4 is 0 Å². The van der Waals surface area contributed by atoms with Gasteiger partial charge in [0.1, 0.15) is 0 Å². The maximum atomic E-state index is 12.2. The third-order valence-electron chi connectivity index (χ3n) is 3.53. The number of aromatic nitrogens is 1. The molecule has 102 valence electrons. The molecule has 2 rings (SSSR count). The van der Waals surface area contributed by atoms with Crippen molar-refractivity contribution in [1.82, 2.24) is 8.87 Å². The number of rotatable bonds is 4. The molecule has 1 aliphatic rings. The maximum Gasteiger partial charge on any atom is 0.214 e. The van der Waals surface area contributed by atoms with E-state index < -0.39 is 10.0 Å². The van der Waals surface area contributed by atoms with Gasteiger partial charge in [-0.05, 0) is 32.4 Å². The second-order valence-corrected chi connectivity index (χ2v) is 7.12. The van der Waals surface area contributed by atoms with Gasteiger partial charge < -0.3 is 4.57 Å². The first-order valence-electron chi connectivity index (χ1n) is 6.19. The van der Waals surface area contributed by atoms with Gasteiger partial charge in [-0.2, -0.15) is 4.31 Å². The summed E-state index contributed by atoms with van der Waals surface area (Å²) in [5.41, 5.74) is 2.27. The number of nitrogens with zero attached hydrogens (tertiary/aromatic N) is 2. The molecule has 1 aromatic heterocycles. The van der Waals surface area contributed by atoms with Crippen LogP contribution in [0.25, 0.3) is 0 Å². The van der Waals surface area contributed by atoms with E-state index in [4.69, 9.17) is 11.6 Å². The Hall–Kier alpha value is -0.520. The van der Waals surface area contributed by atoms with Gasteiger partial charge in [-0.15, -0.1) is 11.6 Å². The van der Waals surface area contributed by atoms with E-state index in [9.17, 15) is 8.42 Å². The van der Waals surface area contributed by atoms with Crippen molar-refractivity contribution >= 4 is 21.6 Å². The molecular formula is C12H19ClN2O2S. The fraction of sp³-hybridized carbons (Fsp3) is 0.667. The molecule has 1 aliphatic heterocycles. The fourth-order valence-corrected chi connectivity index (χ4v) is 4.52. The Labute approximate surface area is 114 Å². The third-order valence-corrected chi connectivity index (χ3v) is 5.82.